The van der Waals surface area contributed by atoms with Gasteiger partial charge < -0.3 is 0 Å². The molecular formula is C13H9BrF3N3. The Labute approximate surface area is 121 Å². The molecule has 2 rings (SSSR count). The highest BCUT2D eigenvalue weighted by molar-refractivity contribution is 9.18. The second-order valence-electron chi connectivity index (χ2n) is 3.83. The number of halogens is 4. The van der Waals surface area contributed by atoms with Gasteiger partial charge in [-0.2, -0.15) is 18.3 Å². The zero-order valence-electron chi connectivity index (χ0n) is 10.0. The first-order valence-electron chi connectivity index (χ1n) is 5.53. The lowest BCUT2D eigenvalue weighted by Gasteiger charge is -2.08. The number of aromatic nitrogens is 1. The summed E-state index contributed by atoms with van der Waals surface area (Å²) in [4.78, 5) is 3.86. The van der Waals surface area contributed by atoms with Gasteiger partial charge in [0.25, 0.3) is 0 Å². The molecule has 0 saturated heterocycles. The average molecular weight is 344 g/mol. The molecule has 0 aliphatic carbocycles. The summed E-state index contributed by atoms with van der Waals surface area (Å²) in [6.07, 6.45) is -1.18. The fourth-order valence-electron chi connectivity index (χ4n) is 1.43. The predicted octanol–water partition coefficient (Wildman–Crippen LogP) is 4.27. The molecule has 0 radical (unpaired) electrons. The summed E-state index contributed by atoms with van der Waals surface area (Å²) in [6.45, 7) is 0. The first-order valence-corrected chi connectivity index (χ1v) is 6.33. The van der Waals surface area contributed by atoms with Crippen LogP contribution in [0, 0.1) is 0 Å². The molecule has 104 valence electrons. The summed E-state index contributed by atoms with van der Waals surface area (Å²) < 4.78 is 38.1. The Morgan fingerprint density at radius 3 is 2.50 bits per heavy atom. The van der Waals surface area contributed by atoms with Gasteiger partial charge in [0.05, 0.1) is 11.3 Å². The standard InChI is InChI=1S/C13H9BrF3N3/c14-12(9-4-6-18-7-5-9)20-19-11-3-1-2-10(8-11)13(15,16)17/h1-8,19H/b20-12-. The fraction of sp³-hybridized carbons (Fsp3) is 0.0769. The number of pyridine rings is 1. The Morgan fingerprint density at radius 2 is 1.85 bits per heavy atom. The van der Waals surface area contributed by atoms with E-state index in [9.17, 15) is 13.2 Å². The molecule has 1 aromatic heterocycles. The van der Waals surface area contributed by atoms with E-state index < -0.39 is 11.7 Å². The van der Waals surface area contributed by atoms with Crippen molar-refractivity contribution in [2.75, 3.05) is 5.43 Å². The summed E-state index contributed by atoms with van der Waals surface area (Å²) >= 11 is 3.24. The van der Waals surface area contributed by atoms with E-state index in [1.54, 1.807) is 24.5 Å². The Hall–Kier alpha value is -1.89. The topological polar surface area (TPSA) is 37.3 Å². The number of hydrogen-bond donors (Lipinski definition) is 1. The maximum absolute atomic E-state index is 12.6. The van der Waals surface area contributed by atoms with E-state index in [1.165, 1.54) is 12.1 Å². The zero-order chi connectivity index (χ0) is 14.6. The van der Waals surface area contributed by atoms with E-state index >= 15 is 0 Å². The van der Waals surface area contributed by atoms with Crippen molar-refractivity contribution in [3.05, 3.63) is 59.9 Å². The van der Waals surface area contributed by atoms with Crippen molar-refractivity contribution in [3.8, 4) is 0 Å². The molecule has 0 unspecified atom stereocenters. The maximum atomic E-state index is 12.6. The summed E-state index contributed by atoms with van der Waals surface area (Å²) in [5, 5.41) is 3.98. The fourth-order valence-corrected chi connectivity index (χ4v) is 1.79. The van der Waals surface area contributed by atoms with Crippen molar-refractivity contribution in [3.63, 3.8) is 0 Å². The number of alkyl halides is 3. The second-order valence-corrected chi connectivity index (χ2v) is 4.58. The van der Waals surface area contributed by atoms with Gasteiger partial charge in [0.2, 0.25) is 0 Å². The van der Waals surface area contributed by atoms with Crippen molar-refractivity contribution in [2.45, 2.75) is 6.18 Å². The number of nitrogens with zero attached hydrogens (tertiary/aromatic N) is 2. The van der Waals surface area contributed by atoms with Gasteiger partial charge in [0.1, 0.15) is 4.62 Å². The molecule has 0 amide bonds. The molecule has 0 spiro atoms. The molecule has 0 atom stereocenters. The summed E-state index contributed by atoms with van der Waals surface area (Å²) in [5.74, 6) is 0. The van der Waals surface area contributed by atoms with Crippen molar-refractivity contribution >= 4 is 26.2 Å². The Morgan fingerprint density at radius 1 is 1.15 bits per heavy atom. The van der Waals surface area contributed by atoms with Gasteiger partial charge in [-0.05, 0) is 46.3 Å². The van der Waals surface area contributed by atoms with Crippen LogP contribution in [0.3, 0.4) is 0 Å². The van der Waals surface area contributed by atoms with Crippen LogP contribution in [0.25, 0.3) is 0 Å². The minimum atomic E-state index is -4.37. The number of rotatable bonds is 3. The highest BCUT2D eigenvalue weighted by Gasteiger charge is 2.30. The zero-order valence-corrected chi connectivity index (χ0v) is 11.6. The van der Waals surface area contributed by atoms with E-state index in [4.69, 9.17) is 0 Å². The molecule has 0 saturated carbocycles. The molecule has 20 heavy (non-hydrogen) atoms. The van der Waals surface area contributed by atoms with Crippen molar-refractivity contribution in [1.82, 2.24) is 4.98 Å². The number of hydrogen-bond acceptors (Lipinski definition) is 3. The molecule has 2 aromatic rings. The minimum absolute atomic E-state index is 0.255. The lowest BCUT2D eigenvalue weighted by atomic mass is 10.2. The second kappa shape index (κ2) is 6.04. The highest BCUT2D eigenvalue weighted by Crippen LogP contribution is 2.30. The molecule has 3 nitrogen and oxygen atoms in total. The van der Waals surface area contributed by atoms with Crippen LogP contribution in [-0.4, -0.2) is 9.60 Å². The van der Waals surface area contributed by atoms with Gasteiger partial charge in [-0.25, -0.2) is 0 Å². The van der Waals surface area contributed by atoms with Crippen LogP contribution < -0.4 is 5.43 Å². The SMILES string of the molecule is FC(F)(F)c1cccc(N/N=C(\Br)c2ccncc2)c1. The van der Waals surface area contributed by atoms with Crippen LogP contribution in [0.15, 0.2) is 53.9 Å². The van der Waals surface area contributed by atoms with Crippen LogP contribution in [0.1, 0.15) is 11.1 Å². The van der Waals surface area contributed by atoms with Crippen LogP contribution in [0.5, 0.6) is 0 Å². The molecule has 0 aliphatic rings. The van der Waals surface area contributed by atoms with E-state index in [1.807, 2.05) is 0 Å². The Bertz CT molecular complexity index is 612. The van der Waals surface area contributed by atoms with Gasteiger partial charge in [0.15, 0.2) is 0 Å². The van der Waals surface area contributed by atoms with Crippen molar-refractivity contribution < 1.29 is 13.2 Å². The highest BCUT2D eigenvalue weighted by atomic mass is 79.9. The monoisotopic (exact) mass is 343 g/mol. The van der Waals surface area contributed by atoms with E-state index in [0.29, 0.717) is 4.62 Å². The molecule has 0 fully saturated rings. The molecule has 1 aromatic carbocycles. The van der Waals surface area contributed by atoms with Crippen LogP contribution in [0.2, 0.25) is 0 Å². The van der Waals surface area contributed by atoms with E-state index in [0.717, 1.165) is 17.7 Å². The van der Waals surface area contributed by atoms with E-state index in [-0.39, 0.29) is 5.69 Å². The molecule has 1 N–H and O–H groups in total. The largest absolute Gasteiger partial charge is 0.416 e. The number of anilines is 1. The Balaban J connectivity index is 2.15. The molecule has 1 heterocycles. The van der Waals surface area contributed by atoms with Crippen LogP contribution >= 0.6 is 15.9 Å². The summed E-state index contributed by atoms with van der Waals surface area (Å²) in [6, 6.07) is 8.28. The van der Waals surface area contributed by atoms with Crippen molar-refractivity contribution in [1.29, 1.82) is 0 Å². The van der Waals surface area contributed by atoms with Gasteiger partial charge in [-0.3, -0.25) is 10.4 Å². The lowest BCUT2D eigenvalue weighted by Crippen LogP contribution is -2.05. The number of nitrogens with one attached hydrogen (secondary N) is 1. The number of benzene rings is 1. The first kappa shape index (κ1) is 14.5. The summed E-state index contributed by atoms with van der Waals surface area (Å²) in [7, 11) is 0. The smallest absolute Gasteiger partial charge is 0.277 e. The molecule has 0 aliphatic heterocycles. The minimum Gasteiger partial charge on any atom is -0.277 e. The normalized spacial score (nSPS) is 12.3. The Kier molecular flexibility index (Phi) is 4.39. The van der Waals surface area contributed by atoms with Gasteiger partial charge in [-0.1, -0.05) is 6.07 Å². The first-order chi connectivity index (χ1) is 9.47. The molecule has 7 heteroatoms. The molecular weight excluding hydrogens is 335 g/mol. The average Bonchev–Trinajstić information content (AvgIpc) is 2.45. The van der Waals surface area contributed by atoms with E-state index in [2.05, 4.69) is 31.4 Å². The van der Waals surface area contributed by atoms with Crippen LogP contribution in [-0.2, 0) is 6.18 Å². The quantitative estimate of drug-likeness (QED) is 0.667. The lowest BCUT2D eigenvalue weighted by molar-refractivity contribution is -0.137. The van der Waals surface area contributed by atoms with Gasteiger partial charge >= 0.3 is 6.18 Å². The predicted molar refractivity (Wildman–Crippen MR) is 74.8 cm³/mol. The maximum Gasteiger partial charge on any atom is 0.416 e. The van der Waals surface area contributed by atoms with Gasteiger partial charge in [0, 0.05) is 18.0 Å². The third-order valence-corrected chi connectivity index (χ3v) is 3.03. The van der Waals surface area contributed by atoms with Crippen LogP contribution in [0.4, 0.5) is 18.9 Å². The summed E-state index contributed by atoms with van der Waals surface area (Å²) in [5.41, 5.74) is 2.87. The third kappa shape index (κ3) is 3.80. The number of hydrazone groups is 1. The van der Waals surface area contributed by atoms with Crippen molar-refractivity contribution in [2.24, 2.45) is 5.10 Å². The van der Waals surface area contributed by atoms with Gasteiger partial charge in [-0.15, -0.1) is 0 Å². The molecule has 0 bridgehead atoms. The third-order valence-electron chi connectivity index (χ3n) is 2.39.